The molecule has 3 aliphatic heterocycles. The maximum Gasteiger partial charge on any atom is 0.254 e. The maximum absolute atomic E-state index is 13.1. The van der Waals surface area contributed by atoms with Crippen LogP contribution in [-0.4, -0.2) is 104 Å². The first-order chi connectivity index (χ1) is 15.2. The normalized spacial score (nSPS) is 23.5. The van der Waals surface area contributed by atoms with Crippen molar-refractivity contribution >= 4 is 5.91 Å². The Labute approximate surface area is 188 Å². The summed E-state index contributed by atoms with van der Waals surface area (Å²) in [5.41, 5.74) is 0.788. The zero-order valence-electron chi connectivity index (χ0n) is 19.3. The van der Waals surface area contributed by atoms with E-state index in [0.717, 1.165) is 50.3 Å². The number of likely N-dealkylation sites (N-methyl/N-ethyl adjacent to an activating group) is 1. The molecule has 0 bridgehead atoms. The summed E-state index contributed by atoms with van der Waals surface area (Å²) in [7, 11) is 2.20. The van der Waals surface area contributed by atoms with Gasteiger partial charge < -0.3 is 24.3 Å². The van der Waals surface area contributed by atoms with Gasteiger partial charge in [-0.2, -0.15) is 0 Å². The number of piperazine rings is 1. The van der Waals surface area contributed by atoms with Gasteiger partial charge in [0.2, 0.25) is 0 Å². The predicted molar refractivity (Wildman–Crippen MR) is 125 cm³/mol. The molecule has 4 rings (SSSR count). The number of nitrogens with zero attached hydrogens (tertiary/aromatic N) is 4. The standard InChI is InChI=1S/C25H40N4O2/c1-26-16-18-27(19-17-26)12-4-5-20-31-24-10-8-22(9-11-24)25(30)29-15-6-7-23(29)21-28-13-2-3-14-28/h8-11,23H,2-7,12-21H2,1H3/t23-/m0/s1. The van der Waals surface area contributed by atoms with Crippen LogP contribution >= 0.6 is 0 Å². The van der Waals surface area contributed by atoms with E-state index in [-0.39, 0.29) is 5.91 Å². The summed E-state index contributed by atoms with van der Waals surface area (Å²) in [6, 6.07) is 8.17. The van der Waals surface area contributed by atoms with E-state index in [2.05, 4.69) is 26.6 Å². The molecule has 1 aromatic carbocycles. The van der Waals surface area contributed by atoms with Gasteiger partial charge in [-0.15, -0.1) is 0 Å². The Kier molecular flexibility index (Phi) is 8.22. The minimum atomic E-state index is 0.181. The van der Waals surface area contributed by atoms with Crippen LogP contribution in [0.3, 0.4) is 0 Å². The second kappa shape index (κ2) is 11.3. The molecule has 0 saturated carbocycles. The molecule has 0 spiro atoms. The molecule has 0 unspecified atom stereocenters. The summed E-state index contributed by atoms with van der Waals surface area (Å²) in [6.45, 7) is 11.0. The number of hydrogen-bond acceptors (Lipinski definition) is 5. The number of rotatable bonds is 9. The highest BCUT2D eigenvalue weighted by Crippen LogP contribution is 2.23. The lowest BCUT2D eigenvalue weighted by molar-refractivity contribution is 0.0708. The van der Waals surface area contributed by atoms with Crippen molar-refractivity contribution in [2.24, 2.45) is 0 Å². The average molecular weight is 429 g/mol. The second-order valence-electron chi connectivity index (χ2n) is 9.53. The van der Waals surface area contributed by atoms with Crippen molar-refractivity contribution < 1.29 is 9.53 Å². The van der Waals surface area contributed by atoms with Crippen molar-refractivity contribution in [2.75, 3.05) is 72.6 Å². The van der Waals surface area contributed by atoms with Crippen molar-refractivity contribution in [3.63, 3.8) is 0 Å². The summed E-state index contributed by atoms with van der Waals surface area (Å²) in [5, 5.41) is 0. The molecule has 1 aromatic rings. The van der Waals surface area contributed by atoms with Gasteiger partial charge in [-0.1, -0.05) is 0 Å². The van der Waals surface area contributed by atoms with Crippen LogP contribution in [0.5, 0.6) is 5.75 Å². The molecule has 172 valence electrons. The van der Waals surface area contributed by atoms with Crippen LogP contribution in [0.15, 0.2) is 24.3 Å². The molecule has 3 saturated heterocycles. The molecule has 0 radical (unpaired) electrons. The smallest absolute Gasteiger partial charge is 0.254 e. The van der Waals surface area contributed by atoms with E-state index in [4.69, 9.17) is 4.74 Å². The van der Waals surface area contributed by atoms with E-state index >= 15 is 0 Å². The number of benzene rings is 1. The molecule has 31 heavy (non-hydrogen) atoms. The molecule has 3 aliphatic rings. The first-order valence-electron chi connectivity index (χ1n) is 12.4. The van der Waals surface area contributed by atoms with E-state index in [0.29, 0.717) is 6.04 Å². The van der Waals surface area contributed by atoms with Crippen molar-refractivity contribution in [1.29, 1.82) is 0 Å². The lowest BCUT2D eigenvalue weighted by atomic mass is 10.1. The second-order valence-corrected chi connectivity index (χ2v) is 9.53. The first-order valence-corrected chi connectivity index (χ1v) is 12.4. The monoisotopic (exact) mass is 428 g/mol. The van der Waals surface area contributed by atoms with Gasteiger partial charge in [0.1, 0.15) is 5.75 Å². The predicted octanol–water partition coefficient (Wildman–Crippen LogP) is 2.79. The highest BCUT2D eigenvalue weighted by Gasteiger charge is 2.31. The van der Waals surface area contributed by atoms with Crippen molar-refractivity contribution in [1.82, 2.24) is 19.6 Å². The number of carbonyl (C=O) groups is 1. The molecule has 1 atom stereocenters. The van der Waals surface area contributed by atoms with E-state index < -0.39 is 0 Å². The summed E-state index contributed by atoms with van der Waals surface area (Å²) in [5.74, 6) is 1.05. The van der Waals surface area contributed by atoms with Crippen LogP contribution in [0.1, 0.15) is 48.9 Å². The zero-order chi connectivity index (χ0) is 21.5. The van der Waals surface area contributed by atoms with Gasteiger partial charge in [0.25, 0.3) is 5.91 Å². The van der Waals surface area contributed by atoms with Crippen molar-refractivity contribution in [3.8, 4) is 5.75 Å². The SMILES string of the molecule is CN1CCN(CCCCOc2ccc(C(=O)N3CCC[C@H]3CN3CCCC3)cc2)CC1. The Hall–Kier alpha value is -1.63. The number of likely N-dealkylation sites (tertiary alicyclic amines) is 2. The van der Waals surface area contributed by atoms with Crippen LogP contribution in [0, 0.1) is 0 Å². The summed E-state index contributed by atoms with van der Waals surface area (Å²) in [6.07, 6.45) is 7.11. The van der Waals surface area contributed by atoms with Gasteiger partial charge in [-0.25, -0.2) is 0 Å². The Morgan fingerprint density at radius 3 is 2.39 bits per heavy atom. The van der Waals surface area contributed by atoms with Crippen molar-refractivity contribution in [2.45, 2.75) is 44.6 Å². The van der Waals surface area contributed by atoms with Crippen LogP contribution in [0.4, 0.5) is 0 Å². The van der Waals surface area contributed by atoms with Gasteiger partial charge in [0.05, 0.1) is 6.61 Å². The fourth-order valence-corrected chi connectivity index (χ4v) is 5.11. The number of carbonyl (C=O) groups excluding carboxylic acids is 1. The molecule has 0 N–H and O–H groups in total. The summed E-state index contributed by atoms with van der Waals surface area (Å²) < 4.78 is 5.92. The third-order valence-electron chi connectivity index (χ3n) is 7.14. The van der Waals surface area contributed by atoms with Crippen LogP contribution < -0.4 is 4.74 Å². The van der Waals surface area contributed by atoms with E-state index in [1.54, 1.807) is 0 Å². The molecular formula is C25H40N4O2. The lowest BCUT2D eigenvalue weighted by Crippen LogP contribution is -2.44. The quantitative estimate of drug-likeness (QED) is 0.566. The van der Waals surface area contributed by atoms with E-state index in [1.807, 2.05) is 24.3 Å². The Morgan fingerprint density at radius 1 is 0.903 bits per heavy atom. The lowest BCUT2D eigenvalue weighted by Gasteiger charge is -2.32. The zero-order valence-corrected chi connectivity index (χ0v) is 19.3. The van der Waals surface area contributed by atoms with Gasteiger partial charge in [-0.3, -0.25) is 4.79 Å². The molecule has 0 aliphatic carbocycles. The first kappa shape index (κ1) is 22.6. The van der Waals surface area contributed by atoms with Gasteiger partial charge in [0, 0.05) is 50.9 Å². The molecular weight excluding hydrogens is 388 g/mol. The average Bonchev–Trinajstić information content (AvgIpc) is 3.47. The van der Waals surface area contributed by atoms with Crippen LogP contribution in [-0.2, 0) is 0 Å². The minimum Gasteiger partial charge on any atom is -0.494 e. The van der Waals surface area contributed by atoms with Crippen LogP contribution in [0.2, 0.25) is 0 Å². The molecule has 3 heterocycles. The largest absolute Gasteiger partial charge is 0.494 e. The summed E-state index contributed by atoms with van der Waals surface area (Å²) >= 11 is 0. The minimum absolute atomic E-state index is 0.181. The summed E-state index contributed by atoms with van der Waals surface area (Å²) in [4.78, 5) is 22.6. The molecule has 6 heteroatoms. The van der Waals surface area contributed by atoms with E-state index in [1.165, 1.54) is 65.1 Å². The fraction of sp³-hybridized carbons (Fsp3) is 0.720. The van der Waals surface area contributed by atoms with Crippen LogP contribution in [0.25, 0.3) is 0 Å². The number of hydrogen-bond donors (Lipinski definition) is 0. The molecule has 1 amide bonds. The number of unbranched alkanes of at least 4 members (excludes halogenated alkanes) is 1. The Balaban J connectivity index is 1.17. The highest BCUT2D eigenvalue weighted by molar-refractivity contribution is 5.94. The van der Waals surface area contributed by atoms with Crippen molar-refractivity contribution in [3.05, 3.63) is 29.8 Å². The third-order valence-corrected chi connectivity index (χ3v) is 7.14. The Morgan fingerprint density at radius 2 is 1.65 bits per heavy atom. The highest BCUT2D eigenvalue weighted by atomic mass is 16.5. The number of ether oxygens (including phenoxy) is 1. The molecule has 6 nitrogen and oxygen atoms in total. The Bertz CT molecular complexity index is 681. The number of amides is 1. The van der Waals surface area contributed by atoms with E-state index in [9.17, 15) is 4.79 Å². The third kappa shape index (κ3) is 6.43. The maximum atomic E-state index is 13.1. The van der Waals surface area contributed by atoms with Gasteiger partial charge in [0.15, 0.2) is 0 Å². The van der Waals surface area contributed by atoms with Gasteiger partial charge >= 0.3 is 0 Å². The topological polar surface area (TPSA) is 39.3 Å². The fourth-order valence-electron chi connectivity index (χ4n) is 5.11. The molecule has 0 aromatic heterocycles. The van der Waals surface area contributed by atoms with Gasteiger partial charge in [-0.05, 0) is 89.5 Å². The molecule has 3 fully saturated rings.